The molecule has 1 aromatic rings. The molecule has 0 aromatic heterocycles. The van der Waals surface area contributed by atoms with Crippen molar-refractivity contribution in [3.05, 3.63) is 34.9 Å². The highest BCUT2D eigenvalue weighted by Crippen LogP contribution is 2.54. The summed E-state index contributed by atoms with van der Waals surface area (Å²) in [5.41, 5.74) is 2.35. The predicted molar refractivity (Wildman–Crippen MR) is 133 cm³/mol. The fourth-order valence-corrected chi connectivity index (χ4v) is 6.49. The van der Waals surface area contributed by atoms with Gasteiger partial charge in [-0.15, -0.1) is 0 Å². The van der Waals surface area contributed by atoms with Gasteiger partial charge in [0.15, 0.2) is 34.7 Å². The van der Waals surface area contributed by atoms with Gasteiger partial charge in [-0.25, -0.2) is 4.79 Å². The number of amides is 1. The van der Waals surface area contributed by atoms with Crippen molar-refractivity contribution in [2.75, 3.05) is 20.7 Å². The average Bonchev–Trinajstić information content (AvgIpc) is 2.85. The number of carbonyl (C=O) groups is 6. The number of benzene rings is 1. The summed E-state index contributed by atoms with van der Waals surface area (Å²) in [5, 5.41) is 34.2. The van der Waals surface area contributed by atoms with Crippen LogP contribution in [0.15, 0.2) is 18.2 Å². The van der Waals surface area contributed by atoms with Gasteiger partial charge in [0.1, 0.15) is 5.75 Å². The van der Waals surface area contributed by atoms with Crippen molar-refractivity contribution in [2.24, 2.45) is 29.4 Å². The number of likely N-dealkylation sites (N-methyl/N-ethyl adjacent to an activating group) is 1. The number of carbonyl (C=O) groups excluding carboxylic acids is 6. The monoisotopic (exact) mass is 542 g/mol. The molecule has 208 valence electrons. The van der Waals surface area contributed by atoms with Crippen LogP contribution in [-0.2, 0) is 28.7 Å². The number of esters is 1. The molecule has 0 bridgehead atoms. The predicted octanol–water partition coefficient (Wildman–Crippen LogP) is -1.02. The molecular weight excluding hydrogens is 512 g/mol. The van der Waals surface area contributed by atoms with Crippen LogP contribution in [0.3, 0.4) is 0 Å². The second-order valence-electron chi connectivity index (χ2n) is 10.4. The summed E-state index contributed by atoms with van der Waals surface area (Å²) >= 11 is 0. The van der Waals surface area contributed by atoms with Crippen LogP contribution in [0.2, 0.25) is 0 Å². The molecule has 4 rings (SSSR count). The third-order valence-electron chi connectivity index (χ3n) is 8.21. The van der Waals surface area contributed by atoms with Crippen LogP contribution >= 0.6 is 0 Å². The summed E-state index contributed by atoms with van der Waals surface area (Å²) in [7, 11) is 2.85. The molecule has 2 saturated carbocycles. The number of fused-ring (bicyclic) bond motifs is 3. The number of hydrogen-bond donors (Lipinski definition) is 4. The number of nitrogens with two attached hydrogens (primary N) is 1. The number of aliphatic hydroxyl groups is 2. The smallest absolute Gasteiger partial charge is 0.330 e. The summed E-state index contributed by atoms with van der Waals surface area (Å²) in [4.78, 5) is 79.3. The van der Waals surface area contributed by atoms with Gasteiger partial charge in [-0.2, -0.15) is 0 Å². The molecule has 1 aromatic carbocycles. The van der Waals surface area contributed by atoms with Crippen LogP contribution in [0, 0.1) is 23.7 Å². The Kier molecular flexibility index (Phi) is 7.09. The highest BCUT2D eigenvalue weighted by molar-refractivity contribution is 6.32. The Balaban J connectivity index is 1.88. The van der Waals surface area contributed by atoms with Crippen molar-refractivity contribution in [1.82, 2.24) is 4.90 Å². The van der Waals surface area contributed by atoms with Crippen molar-refractivity contribution in [1.29, 1.82) is 0 Å². The number of Topliss-reactive ketones (excluding diaryl/α,β-unsaturated/α-hetero) is 4. The van der Waals surface area contributed by atoms with Crippen molar-refractivity contribution >= 4 is 41.1 Å². The van der Waals surface area contributed by atoms with E-state index in [0.717, 1.165) is 6.08 Å². The Morgan fingerprint density at radius 1 is 1.15 bits per heavy atom. The largest absolute Gasteiger partial charge is 0.507 e. The van der Waals surface area contributed by atoms with Gasteiger partial charge in [0.2, 0.25) is 5.91 Å². The van der Waals surface area contributed by atoms with Crippen molar-refractivity contribution in [3.8, 4) is 5.75 Å². The zero-order chi connectivity index (χ0) is 29.1. The molecule has 0 aliphatic heterocycles. The fourth-order valence-electron chi connectivity index (χ4n) is 6.49. The van der Waals surface area contributed by atoms with Gasteiger partial charge < -0.3 is 25.8 Å². The number of aromatic hydroxyl groups is 1. The maximum atomic E-state index is 13.9. The minimum atomic E-state index is -3.06. The first-order chi connectivity index (χ1) is 18.2. The van der Waals surface area contributed by atoms with Crippen LogP contribution in [-0.4, -0.2) is 93.7 Å². The Labute approximate surface area is 223 Å². The molecule has 39 heavy (non-hydrogen) atoms. The van der Waals surface area contributed by atoms with E-state index in [1.807, 2.05) is 0 Å². The number of phenols is 1. The number of ketones is 4. The number of hydrogen-bond acceptors (Lipinski definition) is 11. The summed E-state index contributed by atoms with van der Waals surface area (Å²) in [6.07, 6.45) is 0.578. The zero-order valence-electron chi connectivity index (χ0n) is 21.8. The number of rotatable bonds is 5. The lowest BCUT2D eigenvalue weighted by Crippen LogP contribution is -2.77. The standard InChI is InChI=1S/C27H30N2O10/c1-5-39-13(30)9-7-11-6-8-12-10(2)14-16(21(32)15(12)20(11)31)24(35)27(38)18(22(14)33)19(29(3)4)23(34)17(25(27)36)26(28)37/h6-10,14,16-19,22,31,33,38H,5H2,1-4H3,(H2,28,37)/b9-7+. The maximum absolute atomic E-state index is 13.9. The molecule has 8 unspecified atom stereocenters. The molecule has 8 atom stereocenters. The quantitative estimate of drug-likeness (QED) is 0.201. The van der Waals surface area contributed by atoms with Gasteiger partial charge in [0, 0.05) is 17.6 Å². The molecule has 2 fully saturated rings. The van der Waals surface area contributed by atoms with E-state index in [-0.39, 0.29) is 17.7 Å². The topological polar surface area (TPSA) is 202 Å². The van der Waals surface area contributed by atoms with Crippen molar-refractivity contribution in [3.63, 3.8) is 0 Å². The van der Waals surface area contributed by atoms with E-state index in [1.165, 1.54) is 37.2 Å². The first kappa shape index (κ1) is 28.3. The summed E-state index contributed by atoms with van der Waals surface area (Å²) < 4.78 is 4.81. The molecule has 1 amide bonds. The maximum Gasteiger partial charge on any atom is 0.330 e. The minimum absolute atomic E-state index is 0.0713. The van der Waals surface area contributed by atoms with Crippen LogP contribution < -0.4 is 5.73 Å². The Bertz CT molecular complexity index is 1330. The lowest BCUT2D eigenvalue weighted by Gasteiger charge is -2.56. The Morgan fingerprint density at radius 3 is 2.36 bits per heavy atom. The molecule has 5 N–H and O–H groups in total. The number of primary amides is 1. The number of aliphatic hydroxyl groups excluding tert-OH is 1. The van der Waals surface area contributed by atoms with E-state index in [0.29, 0.717) is 5.56 Å². The highest BCUT2D eigenvalue weighted by atomic mass is 16.5. The lowest BCUT2D eigenvalue weighted by atomic mass is 9.49. The highest BCUT2D eigenvalue weighted by Gasteiger charge is 2.72. The fraction of sp³-hybridized carbons (Fsp3) is 0.481. The van der Waals surface area contributed by atoms with Crippen LogP contribution in [0.5, 0.6) is 5.75 Å². The van der Waals surface area contributed by atoms with Gasteiger partial charge in [0.25, 0.3) is 0 Å². The molecule has 3 aliphatic carbocycles. The van der Waals surface area contributed by atoms with E-state index < -0.39 is 88.1 Å². The van der Waals surface area contributed by atoms with Crippen molar-refractivity contribution < 1.29 is 48.8 Å². The van der Waals surface area contributed by atoms with Gasteiger partial charge in [0.05, 0.1) is 36.2 Å². The molecular formula is C27H30N2O10. The van der Waals surface area contributed by atoms with Crippen LogP contribution in [0.1, 0.15) is 41.3 Å². The molecule has 0 saturated heterocycles. The second-order valence-corrected chi connectivity index (χ2v) is 10.4. The van der Waals surface area contributed by atoms with Gasteiger partial charge in [-0.1, -0.05) is 19.1 Å². The Morgan fingerprint density at radius 2 is 1.79 bits per heavy atom. The number of nitrogens with zero attached hydrogens (tertiary/aromatic N) is 1. The molecule has 12 heteroatoms. The number of ether oxygens (including phenoxy) is 1. The zero-order valence-corrected chi connectivity index (χ0v) is 21.8. The first-order valence-corrected chi connectivity index (χ1v) is 12.4. The lowest BCUT2D eigenvalue weighted by molar-refractivity contribution is -0.196. The summed E-state index contributed by atoms with van der Waals surface area (Å²) in [6.45, 7) is 3.36. The van der Waals surface area contributed by atoms with E-state index >= 15 is 0 Å². The summed E-state index contributed by atoms with van der Waals surface area (Å²) in [5.74, 6) is -14.7. The minimum Gasteiger partial charge on any atom is -0.507 e. The normalized spacial score (nSPS) is 34.1. The Hall–Kier alpha value is -3.74. The SMILES string of the molecule is CCOC(=O)/C=C/c1ccc2c(c1O)C(=O)C1C(=O)C3(O)C(=O)C(C(N)=O)C(=O)C(N(C)C)C3C(O)C1C2C. The van der Waals surface area contributed by atoms with Crippen molar-refractivity contribution in [2.45, 2.75) is 37.5 Å². The van der Waals surface area contributed by atoms with Gasteiger partial charge in [-0.3, -0.25) is 28.9 Å². The van der Waals surface area contributed by atoms with E-state index in [4.69, 9.17) is 10.5 Å². The first-order valence-electron chi connectivity index (χ1n) is 12.4. The summed E-state index contributed by atoms with van der Waals surface area (Å²) in [6, 6.07) is 1.53. The molecule has 0 heterocycles. The molecule has 12 nitrogen and oxygen atoms in total. The average molecular weight is 543 g/mol. The van der Waals surface area contributed by atoms with Gasteiger partial charge in [-0.05, 0) is 38.6 Å². The van der Waals surface area contributed by atoms with E-state index in [1.54, 1.807) is 13.8 Å². The van der Waals surface area contributed by atoms with Crippen LogP contribution in [0.4, 0.5) is 0 Å². The molecule has 0 spiro atoms. The third kappa shape index (κ3) is 3.93. The third-order valence-corrected chi connectivity index (χ3v) is 8.21. The van der Waals surface area contributed by atoms with E-state index in [2.05, 4.69) is 0 Å². The number of phenolic OH excluding ortho intramolecular Hbond substituents is 1. The molecule has 0 radical (unpaired) electrons. The molecule has 3 aliphatic rings. The van der Waals surface area contributed by atoms with Crippen LogP contribution in [0.25, 0.3) is 6.08 Å². The van der Waals surface area contributed by atoms with E-state index in [9.17, 15) is 44.1 Å². The second kappa shape index (κ2) is 9.78. The van der Waals surface area contributed by atoms with Gasteiger partial charge >= 0.3 is 5.97 Å².